The van der Waals surface area contributed by atoms with Crippen molar-refractivity contribution in [2.75, 3.05) is 0 Å². The molecule has 3 nitrogen and oxygen atoms in total. The summed E-state index contributed by atoms with van der Waals surface area (Å²) in [6.45, 7) is 5.26. The van der Waals surface area contributed by atoms with Gasteiger partial charge in [-0.1, -0.05) is 19.9 Å². The molecular weight excluding hydrogens is 130 g/mol. The standard InChI is InChI=1S/C7H13NO2/c1-3-4-6(9)5(2)7(8)10/h6,9H,2-4H2,1H3,(H2,8,10). The molecule has 1 amide bonds. The normalized spacial score (nSPS) is 12.6. The Bertz CT molecular complexity index is 143. The molecule has 0 saturated heterocycles. The van der Waals surface area contributed by atoms with Crippen LogP contribution in [0.15, 0.2) is 12.2 Å². The van der Waals surface area contributed by atoms with Gasteiger partial charge in [0, 0.05) is 5.57 Å². The molecule has 0 spiro atoms. The number of aliphatic hydroxyl groups excluding tert-OH is 1. The first-order valence-corrected chi connectivity index (χ1v) is 3.26. The number of aliphatic hydroxyl groups is 1. The molecule has 10 heavy (non-hydrogen) atoms. The first-order chi connectivity index (χ1) is 4.59. The van der Waals surface area contributed by atoms with Crippen molar-refractivity contribution in [2.45, 2.75) is 25.9 Å². The molecule has 0 aliphatic carbocycles. The van der Waals surface area contributed by atoms with Crippen LogP contribution in [-0.2, 0) is 4.79 Å². The van der Waals surface area contributed by atoms with E-state index in [4.69, 9.17) is 10.8 Å². The molecule has 3 heteroatoms. The average Bonchev–Trinajstić information content (AvgIpc) is 1.87. The predicted molar refractivity (Wildman–Crippen MR) is 39.2 cm³/mol. The van der Waals surface area contributed by atoms with Crippen molar-refractivity contribution >= 4 is 5.91 Å². The molecule has 3 N–H and O–H groups in total. The highest BCUT2D eigenvalue weighted by Crippen LogP contribution is 2.04. The number of hydrogen-bond acceptors (Lipinski definition) is 2. The molecule has 1 atom stereocenters. The van der Waals surface area contributed by atoms with Crippen molar-refractivity contribution in [1.29, 1.82) is 0 Å². The minimum absolute atomic E-state index is 0.0989. The van der Waals surface area contributed by atoms with Crippen LogP contribution < -0.4 is 5.73 Å². The van der Waals surface area contributed by atoms with E-state index in [1.165, 1.54) is 0 Å². The minimum atomic E-state index is -0.762. The van der Waals surface area contributed by atoms with E-state index in [9.17, 15) is 4.79 Å². The molecule has 58 valence electrons. The van der Waals surface area contributed by atoms with E-state index in [0.717, 1.165) is 6.42 Å². The van der Waals surface area contributed by atoms with E-state index in [2.05, 4.69) is 6.58 Å². The number of primary amides is 1. The van der Waals surface area contributed by atoms with E-state index in [1.54, 1.807) is 0 Å². The van der Waals surface area contributed by atoms with Gasteiger partial charge < -0.3 is 10.8 Å². The van der Waals surface area contributed by atoms with E-state index in [0.29, 0.717) is 6.42 Å². The highest BCUT2D eigenvalue weighted by molar-refractivity contribution is 5.92. The fourth-order valence-electron chi connectivity index (χ4n) is 0.612. The highest BCUT2D eigenvalue weighted by Gasteiger charge is 2.11. The van der Waals surface area contributed by atoms with Gasteiger partial charge in [-0.2, -0.15) is 0 Å². The molecule has 0 aromatic heterocycles. The number of amides is 1. The van der Waals surface area contributed by atoms with Gasteiger partial charge in [-0.25, -0.2) is 0 Å². The monoisotopic (exact) mass is 143 g/mol. The lowest BCUT2D eigenvalue weighted by atomic mass is 10.1. The Morgan fingerprint density at radius 2 is 2.30 bits per heavy atom. The van der Waals surface area contributed by atoms with Crippen molar-refractivity contribution in [3.8, 4) is 0 Å². The van der Waals surface area contributed by atoms with Crippen LogP contribution in [0.3, 0.4) is 0 Å². The summed E-state index contributed by atoms with van der Waals surface area (Å²) < 4.78 is 0. The lowest BCUT2D eigenvalue weighted by molar-refractivity contribution is -0.115. The second kappa shape index (κ2) is 4.06. The second-order valence-corrected chi connectivity index (χ2v) is 2.19. The summed E-state index contributed by atoms with van der Waals surface area (Å²) in [5.41, 5.74) is 4.97. The molecule has 0 aromatic carbocycles. The van der Waals surface area contributed by atoms with Gasteiger partial charge in [-0.3, -0.25) is 4.79 Å². The van der Waals surface area contributed by atoms with E-state index >= 15 is 0 Å². The molecule has 0 bridgehead atoms. The smallest absolute Gasteiger partial charge is 0.246 e. The van der Waals surface area contributed by atoms with Gasteiger partial charge in [-0.05, 0) is 6.42 Å². The third kappa shape index (κ3) is 2.64. The Balaban J connectivity index is 3.82. The highest BCUT2D eigenvalue weighted by atomic mass is 16.3. The zero-order valence-corrected chi connectivity index (χ0v) is 6.13. The lowest BCUT2D eigenvalue weighted by Crippen LogP contribution is -2.23. The van der Waals surface area contributed by atoms with Crippen LogP contribution in [0.4, 0.5) is 0 Å². The number of carbonyl (C=O) groups excluding carboxylic acids is 1. The van der Waals surface area contributed by atoms with Crippen molar-refractivity contribution in [1.82, 2.24) is 0 Å². The first-order valence-electron chi connectivity index (χ1n) is 3.26. The largest absolute Gasteiger partial charge is 0.388 e. The van der Waals surface area contributed by atoms with Crippen LogP contribution >= 0.6 is 0 Å². The van der Waals surface area contributed by atoms with Crippen molar-refractivity contribution in [3.63, 3.8) is 0 Å². The predicted octanol–water partition coefficient (Wildman–Crippen LogP) is 0.189. The van der Waals surface area contributed by atoms with Crippen LogP contribution in [0.5, 0.6) is 0 Å². The molecule has 0 saturated carbocycles. The van der Waals surface area contributed by atoms with Gasteiger partial charge in [0.25, 0.3) is 0 Å². The molecule has 0 aliphatic rings. The van der Waals surface area contributed by atoms with Gasteiger partial charge in [0.15, 0.2) is 0 Å². The van der Waals surface area contributed by atoms with Crippen molar-refractivity contribution in [2.24, 2.45) is 5.73 Å². The van der Waals surface area contributed by atoms with Crippen LogP contribution in [0.25, 0.3) is 0 Å². The van der Waals surface area contributed by atoms with Gasteiger partial charge in [0.2, 0.25) is 5.91 Å². The molecule has 0 rings (SSSR count). The Labute approximate surface area is 60.5 Å². The van der Waals surface area contributed by atoms with Gasteiger partial charge in [-0.15, -0.1) is 0 Å². The van der Waals surface area contributed by atoms with Gasteiger partial charge in [0.1, 0.15) is 0 Å². The first kappa shape index (κ1) is 9.17. The molecule has 0 aliphatic heterocycles. The summed E-state index contributed by atoms with van der Waals surface area (Å²) in [5, 5.41) is 9.09. The summed E-state index contributed by atoms with van der Waals surface area (Å²) in [6.07, 6.45) is 0.595. The van der Waals surface area contributed by atoms with E-state index < -0.39 is 12.0 Å². The Morgan fingerprint density at radius 3 is 2.60 bits per heavy atom. The molecule has 0 aromatic rings. The number of carbonyl (C=O) groups is 1. The maximum Gasteiger partial charge on any atom is 0.246 e. The summed E-state index contributed by atoms with van der Waals surface area (Å²) in [6, 6.07) is 0. The Morgan fingerprint density at radius 1 is 1.80 bits per heavy atom. The summed E-state index contributed by atoms with van der Waals surface area (Å²) >= 11 is 0. The van der Waals surface area contributed by atoms with Crippen LogP contribution in [0, 0.1) is 0 Å². The summed E-state index contributed by atoms with van der Waals surface area (Å²) in [4.78, 5) is 10.4. The quantitative estimate of drug-likeness (QED) is 0.552. The zero-order chi connectivity index (χ0) is 8.15. The van der Waals surface area contributed by atoms with Crippen LogP contribution in [-0.4, -0.2) is 17.1 Å². The fraction of sp³-hybridized carbons (Fsp3) is 0.571. The second-order valence-electron chi connectivity index (χ2n) is 2.19. The summed E-state index contributed by atoms with van der Waals surface area (Å²) in [7, 11) is 0. The van der Waals surface area contributed by atoms with E-state index in [-0.39, 0.29) is 5.57 Å². The molecule has 1 unspecified atom stereocenters. The number of nitrogens with two attached hydrogens (primary N) is 1. The van der Waals surface area contributed by atoms with Crippen molar-refractivity contribution < 1.29 is 9.90 Å². The molecule has 0 radical (unpaired) electrons. The summed E-state index contributed by atoms with van der Waals surface area (Å²) in [5.74, 6) is -0.624. The minimum Gasteiger partial charge on any atom is -0.388 e. The van der Waals surface area contributed by atoms with Crippen LogP contribution in [0.2, 0.25) is 0 Å². The third-order valence-electron chi connectivity index (χ3n) is 1.28. The third-order valence-corrected chi connectivity index (χ3v) is 1.28. The maximum atomic E-state index is 10.4. The van der Waals surface area contributed by atoms with Gasteiger partial charge >= 0.3 is 0 Å². The maximum absolute atomic E-state index is 10.4. The Kier molecular flexibility index (Phi) is 3.72. The Hall–Kier alpha value is -0.830. The van der Waals surface area contributed by atoms with Crippen molar-refractivity contribution in [3.05, 3.63) is 12.2 Å². The molecule has 0 heterocycles. The molecular formula is C7H13NO2. The van der Waals surface area contributed by atoms with Crippen LogP contribution in [0.1, 0.15) is 19.8 Å². The SMILES string of the molecule is C=C(C(N)=O)C(O)CCC. The topological polar surface area (TPSA) is 63.3 Å². The van der Waals surface area contributed by atoms with E-state index in [1.807, 2.05) is 6.92 Å². The number of hydrogen-bond donors (Lipinski definition) is 2. The average molecular weight is 143 g/mol. The number of rotatable bonds is 4. The molecule has 0 fully saturated rings. The fourth-order valence-corrected chi connectivity index (χ4v) is 0.612. The zero-order valence-electron chi connectivity index (χ0n) is 6.13. The van der Waals surface area contributed by atoms with Gasteiger partial charge in [0.05, 0.1) is 6.10 Å². The lowest BCUT2D eigenvalue weighted by Gasteiger charge is -2.07.